The van der Waals surface area contributed by atoms with Gasteiger partial charge in [0.25, 0.3) is 0 Å². The molecule has 3 rings (SSSR count). The summed E-state index contributed by atoms with van der Waals surface area (Å²) in [6, 6.07) is 9.89. The zero-order chi connectivity index (χ0) is 13.1. The number of ether oxygens (including phenoxy) is 2. The number of hydrogen-bond acceptors (Lipinski definition) is 4. The van der Waals surface area contributed by atoms with Crippen molar-refractivity contribution in [3.05, 3.63) is 36.0 Å². The SMILES string of the molecule is NCc1cc(OCC2CCCO2)c2ccccc2n1. The van der Waals surface area contributed by atoms with Gasteiger partial charge in [-0.25, -0.2) is 0 Å². The summed E-state index contributed by atoms with van der Waals surface area (Å²) < 4.78 is 11.5. The van der Waals surface area contributed by atoms with Gasteiger partial charge < -0.3 is 15.2 Å². The van der Waals surface area contributed by atoms with Crippen molar-refractivity contribution in [3.63, 3.8) is 0 Å². The highest BCUT2D eigenvalue weighted by Crippen LogP contribution is 2.26. The lowest BCUT2D eigenvalue weighted by Gasteiger charge is -2.14. The second-order valence-electron chi connectivity index (χ2n) is 4.78. The summed E-state index contributed by atoms with van der Waals surface area (Å²) in [4.78, 5) is 4.50. The molecule has 4 nitrogen and oxygen atoms in total. The molecule has 1 aromatic heterocycles. The Balaban J connectivity index is 1.87. The Morgan fingerprint density at radius 3 is 3.05 bits per heavy atom. The fourth-order valence-electron chi connectivity index (χ4n) is 2.38. The number of rotatable bonds is 4. The van der Waals surface area contributed by atoms with E-state index in [2.05, 4.69) is 4.98 Å². The van der Waals surface area contributed by atoms with E-state index < -0.39 is 0 Å². The normalized spacial score (nSPS) is 18.9. The Labute approximate surface area is 112 Å². The molecule has 1 fully saturated rings. The molecule has 1 aromatic carbocycles. The molecule has 0 bridgehead atoms. The molecule has 2 aromatic rings. The standard InChI is InChI=1S/C15H18N2O2/c16-9-11-8-15(19-10-12-4-3-7-18-12)13-5-1-2-6-14(13)17-11/h1-2,5-6,8,12H,3-4,7,9-10,16H2. The third-order valence-corrected chi connectivity index (χ3v) is 3.39. The number of fused-ring (bicyclic) bond motifs is 1. The minimum atomic E-state index is 0.216. The Kier molecular flexibility index (Phi) is 3.62. The van der Waals surface area contributed by atoms with Crippen LogP contribution in [0.15, 0.2) is 30.3 Å². The van der Waals surface area contributed by atoms with E-state index in [1.807, 2.05) is 30.3 Å². The van der Waals surface area contributed by atoms with Crippen molar-refractivity contribution in [1.29, 1.82) is 0 Å². The molecule has 0 spiro atoms. The lowest BCUT2D eigenvalue weighted by Crippen LogP contribution is -2.16. The van der Waals surface area contributed by atoms with Crippen LogP contribution in [0, 0.1) is 0 Å². The van der Waals surface area contributed by atoms with E-state index in [-0.39, 0.29) is 6.10 Å². The summed E-state index contributed by atoms with van der Waals surface area (Å²) in [6.07, 6.45) is 2.42. The molecule has 0 saturated carbocycles. The number of nitrogens with zero attached hydrogens (tertiary/aromatic N) is 1. The highest BCUT2D eigenvalue weighted by molar-refractivity contribution is 5.85. The van der Waals surface area contributed by atoms with Gasteiger partial charge in [-0.2, -0.15) is 0 Å². The molecule has 19 heavy (non-hydrogen) atoms. The van der Waals surface area contributed by atoms with Crippen molar-refractivity contribution in [2.24, 2.45) is 5.73 Å². The molecule has 1 aliphatic heterocycles. The molecular weight excluding hydrogens is 240 g/mol. The first-order chi connectivity index (χ1) is 9.36. The van der Waals surface area contributed by atoms with Gasteiger partial charge in [-0.05, 0) is 25.0 Å². The van der Waals surface area contributed by atoms with Crippen LogP contribution in [0.2, 0.25) is 0 Å². The van der Waals surface area contributed by atoms with Gasteiger partial charge in [0.2, 0.25) is 0 Å². The average Bonchev–Trinajstić information content (AvgIpc) is 2.97. The maximum absolute atomic E-state index is 5.93. The quantitative estimate of drug-likeness (QED) is 0.913. The van der Waals surface area contributed by atoms with E-state index in [9.17, 15) is 0 Å². The Hall–Kier alpha value is -1.65. The number of pyridine rings is 1. The van der Waals surface area contributed by atoms with Gasteiger partial charge in [0.1, 0.15) is 12.4 Å². The molecule has 2 heterocycles. The molecule has 2 N–H and O–H groups in total. The molecule has 0 radical (unpaired) electrons. The van der Waals surface area contributed by atoms with Crippen molar-refractivity contribution in [2.75, 3.05) is 13.2 Å². The Bertz CT molecular complexity index is 565. The first-order valence-electron chi connectivity index (χ1n) is 6.70. The van der Waals surface area contributed by atoms with Crippen LogP contribution < -0.4 is 10.5 Å². The van der Waals surface area contributed by atoms with Gasteiger partial charge in [-0.3, -0.25) is 4.98 Å². The van der Waals surface area contributed by atoms with Crippen LogP contribution in [0.3, 0.4) is 0 Å². The van der Waals surface area contributed by atoms with E-state index >= 15 is 0 Å². The van der Waals surface area contributed by atoms with Crippen LogP contribution >= 0.6 is 0 Å². The van der Waals surface area contributed by atoms with E-state index in [1.165, 1.54) is 0 Å². The van der Waals surface area contributed by atoms with Gasteiger partial charge in [0.05, 0.1) is 17.3 Å². The molecule has 4 heteroatoms. The van der Waals surface area contributed by atoms with Crippen molar-refractivity contribution < 1.29 is 9.47 Å². The minimum Gasteiger partial charge on any atom is -0.490 e. The molecule has 0 aliphatic carbocycles. The monoisotopic (exact) mass is 258 g/mol. The molecule has 1 atom stereocenters. The first-order valence-corrected chi connectivity index (χ1v) is 6.70. The van der Waals surface area contributed by atoms with Crippen LogP contribution in [-0.4, -0.2) is 24.3 Å². The lowest BCUT2D eigenvalue weighted by molar-refractivity contribution is 0.0684. The number of nitrogens with two attached hydrogens (primary N) is 1. The summed E-state index contributed by atoms with van der Waals surface area (Å²) in [5.74, 6) is 0.849. The number of para-hydroxylation sites is 1. The molecule has 0 amide bonds. The number of aromatic nitrogens is 1. The highest BCUT2D eigenvalue weighted by atomic mass is 16.5. The second-order valence-corrected chi connectivity index (χ2v) is 4.78. The molecular formula is C15H18N2O2. The molecule has 1 aliphatic rings. The third kappa shape index (κ3) is 2.69. The smallest absolute Gasteiger partial charge is 0.130 e. The molecule has 100 valence electrons. The predicted octanol–water partition coefficient (Wildman–Crippen LogP) is 2.25. The number of benzene rings is 1. The van der Waals surface area contributed by atoms with E-state index in [1.54, 1.807) is 0 Å². The van der Waals surface area contributed by atoms with Gasteiger partial charge in [0.15, 0.2) is 0 Å². The maximum Gasteiger partial charge on any atom is 0.130 e. The molecule has 1 saturated heterocycles. The Morgan fingerprint density at radius 2 is 2.26 bits per heavy atom. The zero-order valence-electron chi connectivity index (χ0n) is 10.8. The maximum atomic E-state index is 5.93. The summed E-state index contributed by atoms with van der Waals surface area (Å²) in [6.45, 7) is 1.86. The topological polar surface area (TPSA) is 57.4 Å². The van der Waals surface area contributed by atoms with Gasteiger partial charge in [0, 0.05) is 24.6 Å². The summed E-state index contributed by atoms with van der Waals surface area (Å²) in [7, 11) is 0. The summed E-state index contributed by atoms with van der Waals surface area (Å²) in [5.41, 5.74) is 7.46. The largest absolute Gasteiger partial charge is 0.490 e. The Morgan fingerprint density at radius 1 is 1.37 bits per heavy atom. The van der Waals surface area contributed by atoms with Gasteiger partial charge >= 0.3 is 0 Å². The summed E-state index contributed by atoms with van der Waals surface area (Å²) >= 11 is 0. The first kappa shape index (κ1) is 12.4. The van der Waals surface area contributed by atoms with E-state index in [4.69, 9.17) is 15.2 Å². The van der Waals surface area contributed by atoms with E-state index in [0.717, 1.165) is 41.8 Å². The minimum absolute atomic E-state index is 0.216. The highest BCUT2D eigenvalue weighted by Gasteiger charge is 2.16. The molecule has 1 unspecified atom stereocenters. The third-order valence-electron chi connectivity index (χ3n) is 3.39. The fraction of sp³-hybridized carbons (Fsp3) is 0.400. The predicted molar refractivity (Wildman–Crippen MR) is 74.1 cm³/mol. The van der Waals surface area contributed by atoms with Crippen LogP contribution in [0.1, 0.15) is 18.5 Å². The lowest BCUT2D eigenvalue weighted by atomic mass is 10.2. The van der Waals surface area contributed by atoms with E-state index in [0.29, 0.717) is 13.2 Å². The number of hydrogen-bond donors (Lipinski definition) is 1. The van der Waals surface area contributed by atoms with Crippen molar-refractivity contribution in [2.45, 2.75) is 25.5 Å². The fourth-order valence-corrected chi connectivity index (χ4v) is 2.38. The van der Waals surface area contributed by atoms with Crippen molar-refractivity contribution >= 4 is 10.9 Å². The van der Waals surface area contributed by atoms with Crippen LogP contribution in [0.25, 0.3) is 10.9 Å². The van der Waals surface area contributed by atoms with Crippen LogP contribution in [-0.2, 0) is 11.3 Å². The second kappa shape index (κ2) is 5.55. The van der Waals surface area contributed by atoms with Crippen LogP contribution in [0.4, 0.5) is 0 Å². The van der Waals surface area contributed by atoms with Gasteiger partial charge in [-0.1, -0.05) is 12.1 Å². The van der Waals surface area contributed by atoms with Gasteiger partial charge in [-0.15, -0.1) is 0 Å². The zero-order valence-corrected chi connectivity index (χ0v) is 10.8. The van der Waals surface area contributed by atoms with Crippen LogP contribution in [0.5, 0.6) is 5.75 Å². The average molecular weight is 258 g/mol. The summed E-state index contributed by atoms with van der Waals surface area (Å²) in [5, 5.41) is 1.03. The van der Waals surface area contributed by atoms with Crippen molar-refractivity contribution in [1.82, 2.24) is 4.98 Å². The van der Waals surface area contributed by atoms with Crippen molar-refractivity contribution in [3.8, 4) is 5.75 Å².